The summed E-state index contributed by atoms with van der Waals surface area (Å²) >= 11 is 0. The summed E-state index contributed by atoms with van der Waals surface area (Å²) in [4.78, 5) is 28.2. The van der Waals surface area contributed by atoms with E-state index in [9.17, 15) is 14.8 Å². The second-order valence-electron chi connectivity index (χ2n) is 4.93. The molecule has 1 fully saturated rings. The van der Waals surface area contributed by atoms with Gasteiger partial charge < -0.3 is 15.3 Å². The summed E-state index contributed by atoms with van der Waals surface area (Å²) in [5, 5.41) is 12.5. The van der Waals surface area contributed by atoms with Gasteiger partial charge in [0.05, 0.1) is 11.6 Å². The van der Waals surface area contributed by atoms with Gasteiger partial charge in [-0.25, -0.2) is 0 Å². The number of rotatable bonds is 3. The van der Waals surface area contributed by atoms with E-state index in [0.717, 1.165) is 12.8 Å². The van der Waals surface area contributed by atoms with Crippen molar-refractivity contribution in [3.63, 3.8) is 0 Å². The normalized spacial score (nSPS) is 18.0. The van der Waals surface area contributed by atoms with Crippen LogP contribution in [0.2, 0.25) is 0 Å². The predicted molar refractivity (Wildman–Crippen MR) is 74.5 cm³/mol. The van der Waals surface area contributed by atoms with E-state index in [1.165, 1.54) is 12.3 Å². The van der Waals surface area contributed by atoms with Crippen molar-refractivity contribution >= 4 is 16.9 Å². The van der Waals surface area contributed by atoms with Gasteiger partial charge >= 0.3 is 0 Å². The zero-order valence-electron chi connectivity index (χ0n) is 11.3. The van der Waals surface area contributed by atoms with Gasteiger partial charge in [0.2, 0.25) is 0 Å². The van der Waals surface area contributed by atoms with Gasteiger partial charge in [0, 0.05) is 19.3 Å². The molecule has 1 aliphatic heterocycles. The number of nitrogens with zero attached hydrogens (tertiary/aromatic N) is 2. The lowest BCUT2D eigenvalue weighted by Crippen LogP contribution is -2.36. The minimum absolute atomic E-state index is 0.0103. The SMILES string of the molecule is O=C(NCC1CCCO1)c1cc2ncccc2n(O)c1=O. The highest BCUT2D eigenvalue weighted by Crippen LogP contribution is 2.12. The molecule has 1 unspecified atom stereocenters. The van der Waals surface area contributed by atoms with Gasteiger partial charge in [-0.15, -0.1) is 4.73 Å². The van der Waals surface area contributed by atoms with Crippen LogP contribution in [-0.2, 0) is 4.74 Å². The van der Waals surface area contributed by atoms with Crippen LogP contribution in [0.3, 0.4) is 0 Å². The van der Waals surface area contributed by atoms with Crippen LogP contribution in [0.15, 0.2) is 29.2 Å². The molecule has 0 bridgehead atoms. The maximum atomic E-state index is 12.1. The Balaban J connectivity index is 1.87. The minimum Gasteiger partial charge on any atom is -0.425 e. The van der Waals surface area contributed by atoms with E-state index in [1.54, 1.807) is 12.1 Å². The monoisotopic (exact) mass is 289 g/mol. The van der Waals surface area contributed by atoms with Gasteiger partial charge in [0.1, 0.15) is 11.1 Å². The maximum absolute atomic E-state index is 12.1. The summed E-state index contributed by atoms with van der Waals surface area (Å²) in [5.41, 5.74) is -0.262. The smallest absolute Gasteiger partial charge is 0.296 e. The summed E-state index contributed by atoms with van der Waals surface area (Å²) in [6, 6.07) is 4.54. The number of hydrogen-bond acceptors (Lipinski definition) is 5. The topological polar surface area (TPSA) is 93.4 Å². The van der Waals surface area contributed by atoms with Gasteiger partial charge in [-0.05, 0) is 31.0 Å². The van der Waals surface area contributed by atoms with E-state index in [0.29, 0.717) is 23.4 Å². The molecule has 0 aliphatic carbocycles. The maximum Gasteiger partial charge on any atom is 0.296 e. The van der Waals surface area contributed by atoms with E-state index in [2.05, 4.69) is 10.3 Å². The number of hydrogen-bond donors (Lipinski definition) is 2. The largest absolute Gasteiger partial charge is 0.425 e. The zero-order chi connectivity index (χ0) is 14.8. The van der Waals surface area contributed by atoms with Crippen molar-refractivity contribution in [1.29, 1.82) is 0 Å². The molecule has 21 heavy (non-hydrogen) atoms. The molecule has 110 valence electrons. The highest BCUT2D eigenvalue weighted by molar-refractivity contribution is 5.96. The number of carbonyl (C=O) groups excluding carboxylic acids is 1. The fraction of sp³-hybridized carbons (Fsp3) is 0.357. The van der Waals surface area contributed by atoms with Crippen LogP contribution in [0.25, 0.3) is 11.0 Å². The van der Waals surface area contributed by atoms with Crippen molar-refractivity contribution in [1.82, 2.24) is 15.0 Å². The molecule has 1 atom stereocenters. The molecule has 0 radical (unpaired) electrons. The Morgan fingerprint density at radius 2 is 2.43 bits per heavy atom. The quantitative estimate of drug-likeness (QED) is 0.804. The third-order valence-corrected chi connectivity index (χ3v) is 3.51. The van der Waals surface area contributed by atoms with Crippen molar-refractivity contribution in [2.24, 2.45) is 0 Å². The van der Waals surface area contributed by atoms with E-state index >= 15 is 0 Å². The molecule has 0 aromatic carbocycles. The number of carbonyl (C=O) groups is 1. The third kappa shape index (κ3) is 2.59. The van der Waals surface area contributed by atoms with Crippen LogP contribution >= 0.6 is 0 Å². The Bertz CT molecular complexity index is 735. The van der Waals surface area contributed by atoms with Crippen molar-refractivity contribution in [3.05, 3.63) is 40.3 Å². The summed E-state index contributed by atoms with van der Waals surface area (Å²) in [7, 11) is 0. The van der Waals surface area contributed by atoms with Crippen molar-refractivity contribution in [2.75, 3.05) is 13.2 Å². The highest BCUT2D eigenvalue weighted by Gasteiger charge is 2.19. The second-order valence-corrected chi connectivity index (χ2v) is 4.93. The Morgan fingerprint density at radius 1 is 1.57 bits per heavy atom. The number of ether oxygens (including phenoxy) is 1. The van der Waals surface area contributed by atoms with Crippen molar-refractivity contribution in [2.45, 2.75) is 18.9 Å². The number of aromatic nitrogens is 2. The van der Waals surface area contributed by atoms with Gasteiger partial charge in [-0.1, -0.05) is 0 Å². The zero-order valence-corrected chi connectivity index (χ0v) is 11.3. The van der Waals surface area contributed by atoms with Gasteiger partial charge in [-0.3, -0.25) is 14.6 Å². The fourth-order valence-electron chi connectivity index (χ4n) is 2.39. The van der Waals surface area contributed by atoms with Crippen LogP contribution < -0.4 is 10.9 Å². The van der Waals surface area contributed by atoms with Crippen molar-refractivity contribution < 1.29 is 14.7 Å². The molecule has 1 aliphatic rings. The number of pyridine rings is 2. The first-order valence-corrected chi connectivity index (χ1v) is 6.76. The van der Waals surface area contributed by atoms with E-state index in [4.69, 9.17) is 4.74 Å². The van der Waals surface area contributed by atoms with Crippen LogP contribution in [0, 0.1) is 0 Å². The highest BCUT2D eigenvalue weighted by atomic mass is 16.5. The van der Waals surface area contributed by atoms with Crippen molar-refractivity contribution in [3.8, 4) is 0 Å². The lowest BCUT2D eigenvalue weighted by atomic mass is 10.2. The van der Waals surface area contributed by atoms with Crippen LogP contribution in [0.1, 0.15) is 23.2 Å². The lowest BCUT2D eigenvalue weighted by molar-refractivity contribution is 0.0852. The second kappa shape index (κ2) is 5.53. The number of nitrogens with one attached hydrogen (secondary N) is 1. The standard InChI is InChI=1S/C14H15N3O4/c18-13(16-8-9-3-2-6-21-9)10-7-11-12(4-1-5-15-11)17(20)14(10)19/h1,4-5,7,9,20H,2-3,6,8H2,(H,16,18). The molecule has 7 heteroatoms. The van der Waals surface area contributed by atoms with E-state index in [-0.39, 0.29) is 17.2 Å². The van der Waals surface area contributed by atoms with Gasteiger partial charge in [0.15, 0.2) is 0 Å². The summed E-state index contributed by atoms with van der Waals surface area (Å²) in [6.07, 6.45) is 3.39. The first kappa shape index (κ1) is 13.6. The fourth-order valence-corrected chi connectivity index (χ4v) is 2.39. The molecule has 2 N–H and O–H groups in total. The molecular formula is C14H15N3O4. The molecule has 7 nitrogen and oxygen atoms in total. The Kier molecular flexibility index (Phi) is 3.57. The third-order valence-electron chi connectivity index (χ3n) is 3.51. The summed E-state index contributed by atoms with van der Waals surface area (Å²) in [6.45, 7) is 1.05. The van der Waals surface area contributed by atoms with Crippen LogP contribution in [0.4, 0.5) is 0 Å². The molecule has 0 saturated carbocycles. The van der Waals surface area contributed by atoms with Gasteiger partial charge in [-0.2, -0.15) is 0 Å². The number of amides is 1. The molecule has 1 amide bonds. The molecule has 2 aromatic heterocycles. The van der Waals surface area contributed by atoms with Crippen LogP contribution in [0.5, 0.6) is 0 Å². The first-order valence-electron chi connectivity index (χ1n) is 6.76. The average Bonchev–Trinajstić information content (AvgIpc) is 3.02. The van der Waals surface area contributed by atoms with E-state index < -0.39 is 11.5 Å². The van der Waals surface area contributed by atoms with Gasteiger partial charge in [0.25, 0.3) is 11.5 Å². The molecule has 1 saturated heterocycles. The number of fused-ring (bicyclic) bond motifs is 1. The summed E-state index contributed by atoms with van der Waals surface area (Å²) < 4.78 is 5.85. The predicted octanol–water partition coefficient (Wildman–Crippen LogP) is 0.543. The molecule has 3 heterocycles. The Morgan fingerprint density at radius 3 is 3.19 bits per heavy atom. The molecule has 0 spiro atoms. The van der Waals surface area contributed by atoms with E-state index in [1.807, 2.05) is 0 Å². The average molecular weight is 289 g/mol. The minimum atomic E-state index is -0.764. The molecule has 3 rings (SSSR count). The molecule has 2 aromatic rings. The molecular weight excluding hydrogens is 274 g/mol. The van der Waals surface area contributed by atoms with Crippen LogP contribution in [-0.4, -0.2) is 40.1 Å². The summed E-state index contributed by atoms with van der Waals surface area (Å²) in [5.74, 6) is -0.536. The first-order chi connectivity index (χ1) is 10.2. The Labute approximate surface area is 120 Å². The Hall–Kier alpha value is -2.41. The lowest BCUT2D eigenvalue weighted by Gasteiger charge is -2.11.